The summed E-state index contributed by atoms with van der Waals surface area (Å²) < 4.78 is 11.3. The maximum absolute atomic E-state index is 13.3. The second-order valence-electron chi connectivity index (χ2n) is 9.89. The number of amides is 1. The molecule has 0 saturated carbocycles. The molecule has 8 nitrogen and oxygen atoms in total. The fourth-order valence-corrected chi connectivity index (χ4v) is 5.12. The molecule has 1 aromatic heterocycles. The first-order chi connectivity index (χ1) is 19.0. The first-order valence-corrected chi connectivity index (χ1v) is 13.3. The second kappa shape index (κ2) is 12.2. The van der Waals surface area contributed by atoms with Crippen LogP contribution in [0.5, 0.6) is 5.75 Å². The normalized spacial score (nSPS) is 19.4. The number of nitrogens with zero attached hydrogens (tertiary/aromatic N) is 3. The summed E-state index contributed by atoms with van der Waals surface area (Å²) in [6, 6.07) is 17.9. The number of benzene rings is 2. The molecular formula is C31H33N3O5. The first-order valence-electron chi connectivity index (χ1n) is 13.3. The molecule has 3 heterocycles. The van der Waals surface area contributed by atoms with Crippen LogP contribution in [0.25, 0.3) is 5.76 Å². The number of aliphatic hydroxyl groups excluding tert-OH is 1. The van der Waals surface area contributed by atoms with Gasteiger partial charge in [-0.15, -0.1) is 0 Å². The highest BCUT2D eigenvalue weighted by Crippen LogP contribution is 2.39. The molecule has 1 N–H and O–H groups in total. The van der Waals surface area contributed by atoms with Crippen molar-refractivity contribution in [3.8, 4) is 5.75 Å². The molecule has 3 aromatic rings. The van der Waals surface area contributed by atoms with Crippen molar-refractivity contribution in [3.05, 3.63) is 101 Å². The number of rotatable bonds is 9. The van der Waals surface area contributed by atoms with Crippen LogP contribution < -0.4 is 4.74 Å². The van der Waals surface area contributed by atoms with Gasteiger partial charge in [-0.3, -0.25) is 19.5 Å². The number of ether oxygens (including phenoxy) is 2. The highest BCUT2D eigenvalue weighted by atomic mass is 16.5. The number of likely N-dealkylation sites (tertiary alicyclic amines) is 1. The minimum absolute atomic E-state index is 0.0767. The zero-order valence-electron chi connectivity index (χ0n) is 22.1. The van der Waals surface area contributed by atoms with Crippen LogP contribution in [0.3, 0.4) is 0 Å². The Morgan fingerprint density at radius 1 is 1.05 bits per heavy atom. The standard InChI is InChI=1S/C31H33N3O5/c1-22-5-2-6-23(19-22)21-39-26-10-8-24(9-11-26)29(35)27-28(25-7-3-12-32-20-25)34(31(37)30(27)36)14-4-13-33-15-17-38-18-16-33/h2-3,5-12,19-20,28,35H,4,13-18,21H2,1H3/b29-27-. The lowest BCUT2D eigenvalue weighted by molar-refractivity contribution is -0.140. The van der Waals surface area contributed by atoms with Crippen molar-refractivity contribution in [1.29, 1.82) is 0 Å². The summed E-state index contributed by atoms with van der Waals surface area (Å²) in [5, 5.41) is 11.3. The number of aliphatic hydroxyl groups is 1. The van der Waals surface area contributed by atoms with Gasteiger partial charge in [0.15, 0.2) is 0 Å². The van der Waals surface area contributed by atoms with Crippen LogP contribution in [0, 0.1) is 6.92 Å². The van der Waals surface area contributed by atoms with Gasteiger partial charge in [0.05, 0.1) is 24.8 Å². The number of morpholine rings is 1. The van der Waals surface area contributed by atoms with Gasteiger partial charge in [-0.05, 0) is 54.8 Å². The van der Waals surface area contributed by atoms with E-state index in [1.54, 1.807) is 47.6 Å². The van der Waals surface area contributed by atoms with Crippen LogP contribution in [0.2, 0.25) is 0 Å². The molecular weight excluding hydrogens is 494 g/mol. The summed E-state index contributed by atoms with van der Waals surface area (Å²) in [6.45, 7) is 6.77. The Hall–Kier alpha value is -4.01. The molecule has 0 spiro atoms. The molecule has 1 unspecified atom stereocenters. The zero-order valence-corrected chi connectivity index (χ0v) is 22.1. The van der Waals surface area contributed by atoms with Crippen LogP contribution in [0.4, 0.5) is 0 Å². The molecule has 2 aliphatic heterocycles. The number of carbonyl (C=O) groups is 2. The van der Waals surface area contributed by atoms with E-state index in [1.807, 2.05) is 31.2 Å². The molecule has 1 atom stereocenters. The number of Topliss-reactive ketones (excluding diaryl/α,β-unsaturated/α-hetero) is 1. The van der Waals surface area contributed by atoms with Crippen molar-refractivity contribution >= 4 is 17.4 Å². The molecule has 5 rings (SSSR count). The number of carbonyl (C=O) groups excluding carboxylic acids is 2. The number of aromatic nitrogens is 1. The number of pyridine rings is 1. The Morgan fingerprint density at radius 3 is 2.56 bits per heavy atom. The predicted octanol–water partition coefficient (Wildman–Crippen LogP) is 4.11. The van der Waals surface area contributed by atoms with Crippen molar-refractivity contribution in [2.45, 2.75) is 26.0 Å². The number of ketones is 1. The van der Waals surface area contributed by atoms with Crippen molar-refractivity contribution in [1.82, 2.24) is 14.8 Å². The van der Waals surface area contributed by atoms with Crippen LogP contribution in [0.15, 0.2) is 78.6 Å². The summed E-state index contributed by atoms with van der Waals surface area (Å²) in [5.74, 6) is -0.860. The van der Waals surface area contributed by atoms with Gasteiger partial charge in [-0.2, -0.15) is 0 Å². The molecule has 39 heavy (non-hydrogen) atoms. The largest absolute Gasteiger partial charge is 0.507 e. The molecule has 0 aliphatic carbocycles. The van der Waals surface area contributed by atoms with Gasteiger partial charge in [0.2, 0.25) is 0 Å². The molecule has 2 aromatic carbocycles. The van der Waals surface area contributed by atoms with Crippen LogP contribution >= 0.6 is 0 Å². The van der Waals surface area contributed by atoms with Gasteiger partial charge in [-0.1, -0.05) is 35.9 Å². The van der Waals surface area contributed by atoms with E-state index < -0.39 is 17.7 Å². The SMILES string of the molecule is Cc1cccc(COc2ccc(/C(O)=C3/C(=O)C(=O)N(CCCN4CCOCC4)C3c3cccnc3)cc2)c1. The van der Waals surface area contributed by atoms with Gasteiger partial charge in [0, 0.05) is 44.1 Å². The van der Waals surface area contributed by atoms with Gasteiger partial charge >= 0.3 is 0 Å². The van der Waals surface area contributed by atoms with E-state index >= 15 is 0 Å². The molecule has 0 bridgehead atoms. The maximum Gasteiger partial charge on any atom is 0.295 e. The van der Waals surface area contributed by atoms with Crippen molar-refractivity contribution in [2.24, 2.45) is 0 Å². The average molecular weight is 528 g/mol. The van der Waals surface area contributed by atoms with Crippen molar-refractivity contribution in [2.75, 3.05) is 39.4 Å². The van der Waals surface area contributed by atoms with Crippen LogP contribution in [0.1, 0.15) is 34.7 Å². The Morgan fingerprint density at radius 2 is 1.85 bits per heavy atom. The fraction of sp³-hybridized carbons (Fsp3) is 0.323. The average Bonchev–Trinajstić information content (AvgIpc) is 3.22. The number of hydrogen-bond acceptors (Lipinski definition) is 7. The number of aryl methyl sites for hydroxylation is 1. The van der Waals surface area contributed by atoms with E-state index in [-0.39, 0.29) is 11.3 Å². The van der Waals surface area contributed by atoms with E-state index in [0.717, 1.165) is 30.8 Å². The van der Waals surface area contributed by atoms with Gasteiger partial charge in [0.1, 0.15) is 18.1 Å². The van der Waals surface area contributed by atoms with E-state index in [9.17, 15) is 14.7 Å². The second-order valence-corrected chi connectivity index (χ2v) is 9.89. The zero-order chi connectivity index (χ0) is 27.2. The molecule has 2 fully saturated rings. The van der Waals surface area contributed by atoms with Crippen molar-refractivity contribution in [3.63, 3.8) is 0 Å². The summed E-state index contributed by atoms with van der Waals surface area (Å²) in [5.41, 5.74) is 3.43. The highest BCUT2D eigenvalue weighted by Gasteiger charge is 2.45. The Labute approximate surface area is 228 Å². The maximum atomic E-state index is 13.3. The molecule has 202 valence electrons. The quantitative estimate of drug-likeness (QED) is 0.254. The summed E-state index contributed by atoms with van der Waals surface area (Å²) in [7, 11) is 0. The molecule has 0 radical (unpaired) electrons. The minimum atomic E-state index is -0.708. The van der Waals surface area contributed by atoms with Gasteiger partial charge < -0.3 is 19.5 Å². The molecule has 2 saturated heterocycles. The minimum Gasteiger partial charge on any atom is -0.507 e. The van der Waals surface area contributed by atoms with Crippen LogP contribution in [-0.2, 0) is 20.9 Å². The Kier molecular flexibility index (Phi) is 8.34. The molecule has 8 heteroatoms. The smallest absolute Gasteiger partial charge is 0.295 e. The predicted molar refractivity (Wildman–Crippen MR) is 147 cm³/mol. The first kappa shape index (κ1) is 26.6. The summed E-state index contributed by atoms with van der Waals surface area (Å²) in [4.78, 5) is 34.5. The van der Waals surface area contributed by atoms with Crippen molar-refractivity contribution < 1.29 is 24.2 Å². The lowest BCUT2D eigenvalue weighted by Crippen LogP contribution is -2.39. The van der Waals surface area contributed by atoms with E-state index in [0.29, 0.717) is 49.7 Å². The van der Waals surface area contributed by atoms with E-state index in [2.05, 4.69) is 16.0 Å². The Balaban J connectivity index is 1.36. The third-order valence-corrected chi connectivity index (χ3v) is 7.13. The number of hydrogen-bond donors (Lipinski definition) is 1. The monoisotopic (exact) mass is 527 g/mol. The van der Waals surface area contributed by atoms with Gasteiger partial charge in [-0.25, -0.2) is 0 Å². The lowest BCUT2D eigenvalue weighted by atomic mass is 9.96. The van der Waals surface area contributed by atoms with Gasteiger partial charge in [0.25, 0.3) is 11.7 Å². The van der Waals surface area contributed by atoms with E-state index in [4.69, 9.17) is 9.47 Å². The lowest BCUT2D eigenvalue weighted by Gasteiger charge is -2.29. The Bertz CT molecular complexity index is 1330. The summed E-state index contributed by atoms with van der Waals surface area (Å²) in [6.07, 6.45) is 3.99. The van der Waals surface area contributed by atoms with E-state index in [1.165, 1.54) is 0 Å². The topological polar surface area (TPSA) is 92.2 Å². The fourth-order valence-electron chi connectivity index (χ4n) is 5.12. The third kappa shape index (κ3) is 6.19. The van der Waals surface area contributed by atoms with Crippen LogP contribution in [-0.4, -0.2) is 71.0 Å². The summed E-state index contributed by atoms with van der Waals surface area (Å²) >= 11 is 0. The molecule has 1 amide bonds. The third-order valence-electron chi connectivity index (χ3n) is 7.13. The highest BCUT2D eigenvalue weighted by molar-refractivity contribution is 6.46. The molecule has 2 aliphatic rings.